The van der Waals surface area contributed by atoms with Gasteiger partial charge in [-0.1, -0.05) is 19.1 Å². The Hall–Kier alpha value is -1.95. The van der Waals surface area contributed by atoms with Crippen LogP contribution in [0.1, 0.15) is 23.2 Å². The molecule has 6 heteroatoms. The fraction of sp³-hybridized carbons (Fsp3) is 0.333. The molecule has 0 spiro atoms. The van der Waals surface area contributed by atoms with Crippen molar-refractivity contribution in [1.82, 2.24) is 15.6 Å². The van der Waals surface area contributed by atoms with Gasteiger partial charge in [0, 0.05) is 19.0 Å². The van der Waals surface area contributed by atoms with Crippen molar-refractivity contribution in [1.29, 1.82) is 0 Å². The average Bonchev–Trinajstić information content (AvgIpc) is 2.97. The molecule has 21 heavy (non-hydrogen) atoms. The van der Waals surface area contributed by atoms with Crippen molar-refractivity contribution in [3.63, 3.8) is 0 Å². The van der Waals surface area contributed by atoms with Crippen LogP contribution in [-0.4, -0.2) is 18.0 Å². The van der Waals surface area contributed by atoms with E-state index in [9.17, 15) is 4.39 Å². The molecule has 1 heterocycles. The first-order valence-electron chi connectivity index (χ1n) is 6.83. The van der Waals surface area contributed by atoms with Gasteiger partial charge in [-0.05, 0) is 24.1 Å². The number of aryl methyl sites for hydroxylation is 1. The van der Waals surface area contributed by atoms with E-state index in [1.54, 1.807) is 30.5 Å². The van der Waals surface area contributed by atoms with E-state index in [1.165, 1.54) is 12.1 Å². The second kappa shape index (κ2) is 7.73. The standard InChI is InChI=1S/C15H19FN4S/c1-3-14-20-13(10-21-14)9-19-15(17-2)18-8-11-4-6-12(16)7-5-11/h4-7,10H,3,8-9H2,1-2H3,(H2,17,18,19). The summed E-state index contributed by atoms with van der Waals surface area (Å²) in [5.41, 5.74) is 2.02. The largest absolute Gasteiger partial charge is 0.352 e. The summed E-state index contributed by atoms with van der Waals surface area (Å²) in [5, 5.41) is 9.60. The molecule has 0 amide bonds. The van der Waals surface area contributed by atoms with Gasteiger partial charge >= 0.3 is 0 Å². The summed E-state index contributed by atoms with van der Waals surface area (Å²) in [4.78, 5) is 8.65. The minimum atomic E-state index is -0.225. The average molecular weight is 306 g/mol. The maximum absolute atomic E-state index is 12.8. The molecule has 1 aromatic heterocycles. The highest BCUT2D eigenvalue weighted by molar-refractivity contribution is 7.09. The molecule has 0 atom stereocenters. The van der Waals surface area contributed by atoms with Crippen molar-refractivity contribution >= 4 is 17.3 Å². The summed E-state index contributed by atoms with van der Waals surface area (Å²) >= 11 is 1.67. The number of halogens is 1. The summed E-state index contributed by atoms with van der Waals surface area (Å²) in [7, 11) is 1.72. The number of hydrogen-bond donors (Lipinski definition) is 2. The van der Waals surface area contributed by atoms with E-state index < -0.39 is 0 Å². The van der Waals surface area contributed by atoms with Crippen LogP contribution in [0.2, 0.25) is 0 Å². The summed E-state index contributed by atoms with van der Waals surface area (Å²) in [6.45, 7) is 3.33. The quantitative estimate of drug-likeness (QED) is 0.659. The van der Waals surface area contributed by atoms with Crippen LogP contribution >= 0.6 is 11.3 Å². The molecule has 0 aliphatic carbocycles. The second-order valence-corrected chi connectivity index (χ2v) is 5.43. The minimum Gasteiger partial charge on any atom is -0.352 e. The Morgan fingerprint density at radius 2 is 1.95 bits per heavy atom. The summed E-state index contributed by atoms with van der Waals surface area (Å²) in [6, 6.07) is 6.41. The minimum absolute atomic E-state index is 0.225. The van der Waals surface area contributed by atoms with Crippen molar-refractivity contribution < 1.29 is 4.39 Å². The van der Waals surface area contributed by atoms with Crippen LogP contribution in [0.3, 0.4) is 0 Å². The fourth-order valence-electron chi connectivity index (χ4n) is 1.78. The van der Waals surface area contributed by atoms with Gasteiger partial charge in [0.25, 0.3) is 0 Å². The predicted molar refractivity (Wildman–Crippen MR) is 84.9 cm³/mol. The Balaban J connectivity index is 1.81. The Kier molecular flexibility index (Phi) is 5.68. The maximum atomic E-state index is 12.8. The van der Waals surface area contributed by atoms with Gasteiger partial charge in [-0.3, -0.25) is 4.99 Å². The zero-order valence-electron chi connectivity index (χ0n) is 12.2. The number of nitrogens with zero attached hydrogens (tertiary/aromatic N) is 2. The zero-order chi connectivity index (χ0) is 15.1. The smallest absolute Gasteiger partial charge is 0.191 e. The lowest BCUT2D eigenvalue weighted by molar-refractivity contribution is 0.626. The lowest BCUT2D eigenvalue weighted by atomic mass is 10.2. The van der Waals surface area contributed by atoms with Crippen molar-refractivity contribution in [2.75, 3.05) is 7.05 Å². The summed E-state index contributed by atoms with van der Waals surface area (Å²) < 4.78 is 12.8. The molecule has 0 saturated heterocycles. The molecule has 0 bridgehead atoms. The van der Waals surface area contributed by atoms with Gasteiger partial charge in [0.1, 0.15) is 5.82 Å². The van der Waals surface area contributed by atoms with Crippen LogP contribution in [-0.2, 0) is 19.5 Å². The Labute approximate surface area is 128 Å². The van der Waals surface area contributed by atoms with Gasteiger partial charge < -0.3 is 10.6 Å². The predicted octanol–water partition coefficient (Wildman–Crippen LogP) is 2.71. The van der Waals surface area contributed by atoms with Crippen LogP contribution in [0.5, 0.6) is 0 Å². The number of guanidine groups is 1. The number of aromatic nitrogens is 1. The number of benzene rings is 1. The molecule has 2 aromatic rings. The molecular weight excluding hydrogens is 287 g/mol. The molecule has 2 rings (SSSR count). The topological polar surface area (TPSA) is 49.3 Å². The molecule has 0 aliphatic heterocycles. The molecule has 0 radical (unpaired) electrons. The highest BCUT2D eigenvalue weighted by atomic mass is 32.1. The van der Waals surface area contributed by atoms with Gasteiger partial charge in [0.15, 0.2) is 5.96 Å². The third-order valence-electron chi connectivity index (χ3n) is 2.94. The van der Waals surface area contributed by atoms with Crippen LogP contribution in [0, 0.1) is 5.82 Å². The molecule has 2 N–H and O–H groups in total. The molecule has 112 valence electrons. The zero-order valence-corrected chi connectivity index (χ0v) is 13.0. The lowest BCUT2D eigenvalue weighted by Gasteiger charge is -2.11. The third kappa shape index (κ3) is 4.82. The van der Waals surface area contributed by atoms with Crippen LogP contribution in [0.25, 0.3) is 0 Å². The van der Waals surface area contributed by atoms with E-state index in [2.05, 4.69) is 32.9 Å². The van der Waals surface area contributed by atoms with Crippen molar-refractivity contribution in [3.05, 3.63) is 51.7 Å². The maximum Gasteiger partial charge on any atom is 0.191 e. The van der Waals surface area contributed by atoms with Gasteiger partial charge in [-0.15, -0.1) is 11.3 Å². The normalized spacial score (nSPS) is 11.5. The number of hydrogen-bond acceptors (Lipinski definition) is 3. The third-order valence-corrected chi connectivity index (χ3v) is 3.98. The number of rotatable bonds is 5. The fourth-order valence-corrected chi connectivity index (χ4v) is 2.52. The highest BCUT2D eigenvalue weighted by Gasteiger charge is 2.02. The lowest BCUT2D eigenvalue weighted by Crippen LogP contribution is -2.36. The Morgan fingerprint density at radius 3 is 2.57 bits per heavy atom. The van der Waals surface area contributed by atoms with E-state index >= 15 is 0 Å². The van der Waals surface area contributed by atoms with Crippen molar-refractivity contribution in [2.45, 2.75) is 26.4 Å². The van der Waals surface area contributed by atoms with Crippen molar-refractivity contribution in [2.24, 2.45) is 4.99 Å². The van der Waals surface area contributed by atoms with Crippen molar-refractivity contribution in [3.8, 4) is 0 Å². The van der Waals surface area contributed by atoms with E-state index in [4.69, 9.17) is 0 Å². The highest BCUT2D eigenvalue weighted by Crippen LogP contribution is 2.09. The van der Waals surface area contributed by atoms with E-state index in [1.807, 2.05) is 0 Å². The first kappa shape index (κ1) is 15.4. The summed E-state index contributed by atoms with van der Waals surface area (Å²) in [6.07, 6.45) is 0.961. The Morgan fingerprint density at radius 1 is 1.24 bits per heavy atom. The first-order valence-corrected chi connectivity index (χ1v) is 7.71. The number of aliphatic imine (C=N–C) groups is 1. The molecule has 4 nitrogen and oxygen atoms in total. The van der Waals surface area contributed by atoms with E-state index in [-0.39, 0.29) is 5.82 Å². The van der Waals surface area contributed by atoms with Crippen LogP contribution in [0.4, 0.5) is 4.39 Å². The SMILES string of the molecule is CCc1nc(CNC(=NC)NCc2ccc(F)cc2)cs1. The number of thiazole rings is 1. The monoisotopic (exact) mass is 306 g/mol. The Bertz CT molecular complexity index is 592. The van der Waals surface area contributed by atoms with E-state index in [0.29, 0.717) is 19.0 Å². The van der Waals surface area contributed by atoms with E-state index in [0.717, 1.165) is 22.7 Å². The van der Waals surface area contributed by atoms with Crippen LogP contribution in [0.15, 0.2) is 34.6 Å². The summed E-state index contributed by atoms with van der Waals surface area (Å²) in [5.74, 6) is 0.474. The molecule has 0 saturated carbocycles. The molecule has 0 aliphatic rings. The van der Waals surface area contributed by atoms with Gasteiger partial charge in [-0.25, -0.2) is 9.37 Å². The molecule has 0 unspecified atom stereocenters. The second-order valence-electron chi connectivity index (χ2n) is 4.49. The van der Waals surface area contributed by atoms with Gasteiger partial charge in [-0.2, -0.15) is 0 Å². The number of nitrogens with one attached hydrogen (secondary N) is 2. The van der Waals surface area contributed by atoms with Gasteiger partial charge in [0.2, 0.25) is 0 Å². The first-order chi connectivity index (χ1) is 10.2. The van der Waals surface area contributed by atoms with Crippen LogP contribution < -0.4 is 10.6 Å². The molecule has 1 aromatic carbocycles. The molecule has 0 fully saturated rings. The molecular formula is C15H19FN4S. The van der Waals surface area contributed by atoms with Gasteiger partial charge in [0.05, 0.1) is 17.2 Å².